The molecule has 0 spiro atoms. The molecule has 0 aromatic carbocycles. The predicted molar refractivity (Wildman–Crippen MR) is 59.0 cm³/mol. The van der Waals surface area contributed by atoms with Gasteiger partial charge in [-0.3, -0.25) is 14.5 Å². The lowest BCUT2D eigenvalue weighted by molar-refractivity contribution is -0.149. The summed E-state index contributed by atoms with van der Waals surface area (Å²) in [6.45, 7) is 5.69. The Kier molecular flexibility index (Phi) is 5.40. The molecule has 0 aromatic rings. The maximum Gasteiger partial charge on any atom is 0.324 e. The van der Waals surface area contributed by atoms with Crippen molar-refractivity contribution in [3.63, 3.8) is 0 Å². The summed E-state index contributed by atoms with van der Waals surface area (Å²) in [6, 6.07) is -1.16. The molecule has 0 radical (unpaired) electrons. The molecule has 16 heavy (non-hydrogen) atoms. The fraction of sp³-hybridized carbons (Fsp3) is 0.800. The molecule has 0 unspecified atom stereocenters. The lowest BCUT2D eigenvalue weighted by Crippen LogP contribution is -2.43. The van der Waals surface area contributed by atoms with Crippen LogP contribution >= 0.6 is 0 Å². The van der Waals surface area contributed by atoms with Crippen LogP contribution in [0.3, 0.4) is 0 Å². The number of nitrogens with two attached hydrogens (primary N) is 1. The molecule has 0 heterocycles. The highest BCUT2D eigenvalue weighted by atomic mass is 16.5. The van der Waals surface area contributed by atoms with Crippen LogP contribution in [0.5, 0.6) is 0 Å². The molecule has 0 aliphatic rings. The summed E-state index contributed by atoms with van der Waals surface area (Å²) in [6.07, 6.45) is 0. The van der Waals surface area contributed by atoms with E-state index in [0.29, 0.717) is 0 Å². The largest absolute Gasteiger partial charge is 0.480 e. The van der Waals surface area contributed by atoms with E-state index in [1.165, 1.54) is 0 Å². The number of carbonyl (C=O) groups excluding carboxylic acids is 1. The minimum Gasteiger partial charge on any atom is -0.480 e. The normalized spacial score (nSPS) is 13.6. The number of carbonyl (C=O) groups is 2. The molecular formula is C10H20N2O4. The Morgan fingerprint density at radius 2 is 1.94 bits per heavy atom. The number of nitrogens with zero attached hydrogens (tertiary/aromatic N) is 1. The third-order valence-corrected chi connectivity index (χ3v) is 2.25. The van der Waals surface area contributed by atoms with E-state index < -0.39 is 18.0 Å². The van der Waals surface area contributed by atoms with E-state index in [2.05, 4.69) is 0 Å². The van der Waals surface area contributed by atoms with Crippen molar-refractivity contribution in [1.29, 1.82) is 0 Å². The molecule has 6 nitrogen and oxygen atoms in total. The van der Waals surface area contributed by atoms with Crippen LogP contribution in [0.25, 0.3) is 0 Å². The van der Waals surface area contributed by atoms with Crippen LogP contribution in [-0.4, -0.2) is 53.7 Å². The molecule has 6 heteroatoms. The Balaban J connectivity index is 3.97. The van der Waals surface area contributed by atoms with Gasteiger partial charge < -0.3 is 15.6 Å². The van der Waals surface area contributed by atoms with Crippen LogP contribution in [0.2, 0.25) is 0 Å². The smallest absolute Gasteiger partial charge is 0.324 e. The molecule has 0 aliphatic heterocycles. The summed E-state index contributed by atoms with van der Waals surface area (Å²) in [5.74, 6) is -1.66. The fourth-order valence-electron chi connectivity index (χ4n) is 0.730. The molecule has 0 bridgehead atoms. The molecule has 0 aromatic heterocycles. The summed E-state index contributed by atoms with van der Waals surface area (Å²) in [5, 5.41) is 8.48. The second-order valence-corrected chi connectivity index (χ2v) is 4.65. The Labute approximate surface area is 95.4 Å². The van der Waals surface area contributed by atoms with Gasteiger partial charge in [0.25, 0.3) is 0 Å². The minimum atomic E-state index is -1.18. The maximum atomic E-state index is 11.3. The fourth-order valence-corrected chi connectivity index (χ4v) is 0.730. The molecule has 3 N–H and O–H groups in total. The third kappa shape index (κ3) is 5.67. The molecule has 0 aliphatic carbocycles. The number of carboxylic acid groups (broad SMARTS) is 1. The van der Waals surface area contributed by atoms with Gasteiger partial charge >= 0.3 is 11.9 Å². The summed E-state index contributed by atoms with van der Waals surface area (Å²) < 4.78 is 4.74. The third-order valence-electron chi connectivity index (χ3n) is 2.25. The average molecular weight is 232 g/mol. The lowest BCUT2D eigenvalue weighted by atomic mass is 10.1. The number of esters is 1. The van der Waals surface area contributed by atoms with E-state index in [0.717, 1.165) is 0 Å². The van der Waals surface area contributed by atoms with Gasteiger partial charge in [-0.25, -0.2) is 0 Å². The zero-order valence-corrected chi connectivity index (χ0v) is 10.2. The van der Waals surface area contributed by atoms with Crippen molar-refractivity contribution in [2.45, 2.75) is 32.4 Å². The number of hydrogen-bond acceptors (Lipinski definition) is 5. The highest BCUT2D eigenvalue weighted by Gasteiger charge is 2.21. The number of ether oxygens (including phenoxy) is 1. The summed E-state index contributed by atoms with van der Waals surface area (Å²) in [7, 11) is 1.79. The van der Waals surface area contributed by atoms with Crippen molar-refractivity contribution in [3.8, 4) is 0 Å². The standard InChI is InChI=1S/C10H20N2O4/c1-10(2,3)12(4)5-8(13)16-6-7(11)9(14)15/h7H,5-6,11H2,1-4H3,(H,14,15)/t7-/m1/s1. The Hall–Kier alpha value is -1.14. The van der Waals surface area contributed by atoms with Crippen molar-refractivity contribution in [3.05, 3.63) is 0 Å². The summed E-state index contributed by atoms with van der Waals surface area (Å²) in [4.78, 5) is 23.5. The van der Waals surface area contributed by atoms with Crippen LogP contribution in [-0.2, 0) is 14.3 Å². The van der Waals surface area contributed by atoms with Gasteiger partial charge in [-0.15, -0.1) is 0 Å². The van der Waals surface area contributed by atoms with Gasteiger partial charge in [0, 0.05) is 5.54 Å². The first-order valence-corrected chi connectivity index (χ1v) is 5.00. The van der Waals surface area contributed by atoms with E-state index in [9.17, 15) is 9.59 Å². The highest BCUT2D eigenvalue weighted by molar-refractivity contribution is 5.75. The first-order chi connectivity index (χ1) is 7.14. The minimum absolute atomic E-state index is 0.107. The summed E-state index contributed by atoms with van der Waals surface area (Å²) >= 11 is 0. The van der Waals surface area contributed by atoms with E-state index in [-0.39, 0.29) is 18.7 Å². The van der Waals surface area contributed by atoms with E-state index >= 15 is 0 Å². The van der Waals surface area contributed by atoms with E-state index in [1.807, 2.05) is 25.7 Å². The van der Waals surface area contributed by atoms with Crippen LogP contribution < -0.4 is 5.73 Å². The van der Waals surface area contributed by atoms with Gasteiger partial charge in [0.1, 0.15) is 12.6 Å². The Morgan fingerprint density at radius 1 is 1.44 bits per heavy atom. The Bertz CT molecular complexity index is 260. The Morgan fingerprint density at radius 3 is 2.31 bits per heavy atom. The van der Waals surface area contributed by atoms with E-state index in [4.69, 9.17) is 15.6 Å². The first kappa shape index (κ1) is 14.9. The molecule has 0 amide bonds. The van der Waals surface area contributed by atoms with Crippen molar-refractivity contribution >= 4 is 11.9 Å². The molecule has 0 saturated heterocycles. The van der Waals surface area contributed by atoms with Gasteiger partial charge in [0.05, 0.1) is 6.54 Å². The molecular weight excluding hydrogens is 212 g/mol. The number of likely N-dealkylation sites (N-methyl/N-ethyl adjacent to an activating group) is 1. The van der Waals surface area contributed by atoms with Crippen LogP contribution in [0.4, 0.5) is 0 Å². The SMILES string of the molecule is CN(CC(=O)OC[C@@H](N)C(=O)O)C(C)(C)C. The first-order valence-electron chi connectivity index (χ1n) is 5.00. The monoisotopic (exact) mass is 232 g/mol. The van der Waals surface area contributed by atoms with Crippen molar-refractivity contribution < 1.29 is 19.4 Å². The van der Waals surface area contributed by atoms with Gasteiger partial charge in [-0.05, 0) is 27.8 Å². The second-order valence-electron chi connectivity index (χ2n) is 4.65. The molecule has 94 valence electrons. The topological polar surface area (TPSA) is 92.9 Å². The average Bonchev–Trinajstić information content (AvgIpc) is 2.12. The second kappa shape index (κ2) is 5.81. The molecule has 1 atom stereocenters. The van der Waals surface area contributed by atoms with Crippen LogP contribution in [0.1, 0.15) is 20.8 Å². The van der Waals surface area contributed by atoms with E-state index in [1.54, 1.807) is 7.05 Å². The van der Waals surface area contributed by atoms with Gasteiger partial charge in [-0.2, -0.15) is 0 Å². The molecule has 0 rings (SSSR count). The molecule has 0 saturated carbocycles. The number of hydrogen-bond donors (Lipinski definition) is 2. The van der Waals surface area contributed by atoms with Gasteiger partial charge in [-0.1, -0.05) is 0 Å². The van der Waals surface area contributed by atoms with Crippen LogP contribution in [0, 0.1) is 0 Å². The zero-order chi connectivity index (χ0) is 12.9. The van der Waals surface area contributed by atoms with Crippen molar-refractivity contribution in [1.82, 2.24) is 4.90 Å². The number of carboxylic acids is 1. The number of rotatable bonds is 5. The summed E-state index contributed by atoms with van der Waals surface area (Å²) in [5.41, 5.74) is 5.05. The van der Waals surface area contributed by atoms with Gasteiger partial charge in [0.15, 0.2) is 0 Å². The maximum absolute atomic E-state index is 11.3. The number of aliphatic carboxylic acids is 1. The predicted octanol–water partition coefficient (Wildman–Crippen LogP) is -0.328. The lowest BCUT2D eigenvalue weighted by Gasteiger charge is -2.30. The zero-order valence-electron chi connectivity index (χ0n) is 10.2. The molecule has 0 fully saturated rings. The quantitative estimate of drug-likeness (QED) is 0.631. The highest BCUT2D eigenvalue weighted by Crippen LogP contribution is 2.09. The van der Waals surface area contributed by atoms with Crippen molar-refractivity contribution in [2.24, 2.45) is 5.73 Å². The van der Waals surface area contributed by atoms with Crippen molar-refractivity contribution in [2.75, 3.05) is 20.2 Å². The van der Waals surface area contributed by atoms with Gasteiger partial charge in [0.2, 0.25) is 0 Å². The van der Waals surface area contributed by atoms with Crippen LogP contribution in [0.15, 0.2) is 0 Å².